The number of hydrogen-bond donors (Lipinski definition) is 2. The molecule has 0 spiro atoms. The number of hydrogen-bond acceptors (Lipinski definition) is 4. The molecule has 1 aromatic rings. The molecule has 6 nitrogen and oxygen atoms in total. The Hall–Kier alpha value is -1.43. The molecule has 0 aliphatic heterocycles. The third-order valence-corrected chi connectivity index (χ3v) is 2.85. The fourth-order valence-corrected chi connectivity index (χ4v) is 2.00. The van der Waals surface area contributed by atoms with Crippen LogP contribution >= 0.6 is 0 Å². The van der Waals surface area contributed by atoms with Crippen LogP contribution < -0.4 is 5.32 Å². The summed E-state index contributed by atoms with van der Waals surface area (Å²) in [5.41, 5.74) is 0. The molecule has 2 rings (SSSR count). The van der Waals surface area contributed by atoms with Gasteiger partial charge in [0.2, 0.25) is 5.91 Å². The van der Waals surface area contributed by atoms with Gasteiger partial charge in [-0.3, -0.25) is 4.79 Å². The third-order valence-electron chi connectivity index (χ3n) is 2.85. The molecular weight excluding hydrogens is 208 g/mol. The van der Waals surface area contributed by atoms with Gasteiger partial charge in [0, 0.05) is 6.20 Å². The summed E-state index contributed by atoms with van der Waals surface area (Å²) in [6.45, 7) is 0.156. The van der Waals surface area contributed by atoms with E-state index in [1.54, 1.807) is 6.20 Å². The summed E-state index contributed by atoms with van der Waals surface area (Å²) < 4.78 is 1.46. The summed E-state index contributed by atoms with van der Waals surface area (Å²) in [6.07, 6.45) is 6.48. The number of nitrogens with one attached hydrogen (secondary N) is 1. The minimum Gasteiger partial charge on any atom is -0.391 e. The van der Waals surface area contributed by atoms with Crippen LogP contribution in [-0.2, 0) is 11.3 Å². The maximum atomic E-state index is 11.6. The number of aliphatic hydroxyl groups is 1. The van der Waals surface area contributed by atoms with Crippen LogP contribution in [0.25, 0.3) is 0 Å². The number of carbonyl (C=O) groups excluding carboxylic acids is 1. The highest BCUT2D eigenvalue weighted by molar-refractivity contribution is 5.76. The van der Waals surface area contributed by atoms with Gasteiger partial charge in [-0.2, -0.15) is 0 Å². The van der Waals surface area contributed by atoms with E-state index in [-0.39, 0.29) is 18.5 Å². The number of carbonyl (C=O) groups is 1. The second-order valence-electron chi connectivity index (χ2n) is 4.13. The molecule has 16 heavy (non-hydrogen) atoms. The minimum absolute atomic E-state index is 0.107. The highest BCUT2D eigenvalue weighted by Crippen LogP contribution is 2.18. The van der Waals surface area contributed by atoms with Crippen LogP contribution in [0.3, 0.4) is 0 Å². The van der Waals surface area contributed by atoms with E-state index < -0.39 is 6.10 Å². The van der Waals surface area contributed by atoms with Crippen LogP contribution in [0.15, 0.2) is 12.4 Å². The molecule has 2 atom stereocenters. The zero-order valence-electron chi connectivity index (χ0n) is 9.04. The first-order chi connectivity index (χ1) is 7.75. The predicted octanol–water partition coefficient (Wildman–Crippen LogP) is -0.302. The van der Waals surface area contributed by atoms with Crippen LogP contribution in [0.4, 0.5) is 0 Å². The van der Waals surface area contributed by atoms with Gasteiger partial charge in [-0.15, -0.1) is 5.10 Å². The normalized spacial score (nSPS) is 25.3. The predicted molar refractivity (Wildman–Crippen MR) is 56.4 cm³/mol. The van der Waals surface area contributed by atoms with Crippen molar-refractivity contribution >= 4 is 5.91 Å². The van der Waals surface area contributed by atoms with E-state index in [9.17, 15) is 9.90 Å². The van der Waals surface area contributed by atoms with Crippen molar-refractivity contribution in [1.29, 1.82) is 0 Å². The van der Waals surface area contributed by atoms with Gasteiger partial charge in [-0.05, 0) is 12.8 Å². The molecule has 1 amide bonds. The molecule has 1 aliphatic carbocycles. The van der Waals surface area contributed by atoms with E-state index in [1.807, 2.05) is 0 Å². The smallest absolute Gasteiger partial charge is 0.242 e. The van der Waals surface area contributed by atoms with Gasteiger partial charge >= 0.3 is 0 Å². The molecule has 6 heteroatoms. The molecule has 1 aromatic heterocycles. The monoisotopic (exact) mass is 224 g/mol. The molecule has 1 saturated carbocycles. The van der Waals surface area contributed by atoms with Crippen LogP contribution in [0.5, 0.6) is 0 Å². The van der Waals surface area contributed by atoms with Gasteiger partial charge in [0.05, 0.1) is 18.3 Å². The van der Waals surface area contributed by atoms with Crippen molar-refractivity contribution in [1.82, 2.24) is 20.3 Å². The lowest BCUT2D eigenvalue weighted by Gasteiger charge is -2.28. The van der Waals surface area contributed by atoms with Crippen molar-refractivity contribution in [3.05, 3.63) is 12.4 Å². The SMILES string of the molecule is O=C(Cn1ccnn1)N[C@H]1CCCC[C@@H]1O. The highest BCUT2D eigenvalue weighted by Gasteiger charge is 2.24. The Labute approximate surface area is 93.6 Å². The molecule has 2 N–H and O–H groups in total. The molecule has 0 bridgehead atoms. The van der Waals surface area contributed by atoms with E-state index in [1.165, 1.54) is 10.9 Å². The Morgan fingerprint density at radius 2 is 2.31 bits per heavy atom. The van der Waals surface area contributed by atoms with Crippen LogP contribution in [0.1, 0.15) is 25.7 Å². The van der Waals surface area contributed by atoms with Gasteiger partial charge in [-0.1, -0.05) is 18.1 Å². The van der Waals surface area contributed by atoms with Crippen molar-refractivity contribution in [2.75, 3.05) is 0 Å². The lowest BCUT2D eigenvalue weighted by Crippen LogP contribution is -2.46. The molecule has 0 aromatic carbocycles. The summed E-state index contributed by atoms with van der Waals surface area (Å²) in [5, 5.41) is 19.9. The Kier molecular flexibility index (Phi) is 3.51. The topological polar surface area (TPSA) is 80.0 Å². The molecule has 1 aliphatic rings. The van der Waals surface area contributed by atoms with Crippen LogP contribution in [0.2, 0.25) is 0 Å². The lowest BCUT2D eigenvalue weighted by molar-refractivity contribution is -0.123. The van der Waals surface area contributed by atoms with E-state index in [4.69, 9.17) is 0 Å². The fourth-order valence-electron chi connectivity index (χ4n) is 2.00. The lowest BCUT2D eigenvalue weighted by atomic mass is 9.92. The number of rotatable bonds is 3. The summed E-state index contributed by atoms with van der Waals surface area (Å²) in [6, 6.07) is -0.107. The van der Waals surface area contributed by atoms with Gasteiger partial charge in [-0.25, -0.2) is 4.68 Å². The molecule has 0 unspecified atom stereocenters. The largest absolute Gasteiger partial charge is 0.391 e. The first-order valence-electron chi connectivity index (χ1n) is 5.57. The Bertz CT molecular complexity index is 339. The summed E-state index contributed by atoms with van der Waals surface area (Å²) in [7, 11) is 0. The zero-order chi connectivity index (χ0) is 11.4. The minimum atomic E-state index is -0.409. The Morgan fingerprint density at radius 3 is 3.00 bits per heavy atom. The van der Waals surface area contributed by atoms with E-state index in [0.29, 0.717) is 0 Å². The van der Waals surface area contributed by atoms with E-state index in [0.717, 1.165) is 25.7 Å². The van der Waals surface area contributed by atoms with Gasteiger partial charge in [0.1, 0.15) is 6.54 Å². The summed E-state index contributed by atoms with van der Waals surface area (Å²) in [5.74, 6) is -0.128. The maximum absolute atomic E-state index is 11.6. The quantitative estimate of drug-likeness (QED) is 0.738. The van der Waals surface area contributed by atoms with E-state index in [2.05, 4.69) is 15.6 Å². The first-order valence-corrected chi connectivity index (χ1v) is 5.57. The maximum Gasteiger partial charge on any atom is 0.242 e. The van der Waals surface area contributed by atoms with Gasteiger partial charge in [0.15, 0.2) is 0 Å². The van der Waals surface area contributed by atoms with Crippen LogP contribution in [-0.4, -0.2) is 38.2 Å². The Morgan fingerprint density at radius 1 is 1.50 bits per heavy atom. The summed E-state index contributed by atoms with van der Waals surface area (Å²) >= 11 is 0. The third kappa shape index (κ3) is 2.79. The zero-order valence-corrected chi connectivity index (χ0v) is 9.04. The molecule has 0 radical (unpaired) electrons. The average molecular weight is 224 g/mol. The van der Waals surface area contributed by atoms with Gasteiger partial charge in [0.25, 0.3) is 0 Å². The van der Waals surface area contributed by atoms with Crippen molar-refractivity contribution in [2.45, 2.75) is 44.4 Å². The molecular formula is C10H16N4O2. The second-order valence-corrected chi connectivity index (χ2v) is 4.13. The summed E-state index contributed by atoms with van der Waals surface area (Å²) in [4.78, 5) is 11.6. The number of aromatic nitrogens is 3. The average Bonchev–Trinajstić information content (AvgIpc) is 2.74. The number of aliphatic hydroxyl groups excluding tert-OH is 1. The van der Waals surface area contributed by atoms with Crippen molar-refractivity contribution in [3.63, 3.8) is 0 Å². The van der Waals surface area contributed by atoms with Crippen molar-refractivity contribution in [2.24, 2.45) is 0 Å². The van der Waals surface area contributed by atoms with Crippen LogP contribution in [0, 0.1) is 0 Å². The second kappa shape index (κ2) is 5.07. The Balaban J connectivity index is 1.82. The molecule has 1 heterocycles. The number of nitrogens with zero attached hydrogens (tertiary/aromatic N) is 3. The van der Waals surface area contributed by atoms with Crippen molar-refractivity contribution < 1.29 is 9.90 Å². The first kappa shape index (κ1) is 11.1. The number of amides is 1. The highest BCUT2D eigenvalue weighted by atomic mass is 16.3. The molecule has 0 saturated heterocycles. The van der Waals surface area contributed by atoms with E-state index >= 15 is 0 Å². The molecule has 88 valence electrons. The van der Waals surface area contributed by atoms with Crippen molar-refractivity contribution in [3.8, 4) is 0 Å². The standard InChI is InChI=1S/C10H16N4O2/c15-9-4-2-1-3-8(9)12-10(16)7-14-6-5-11-13-14/h5-6,8-9,15H,1-4,7H2,(H,12,16)/t8-,9-/m0/s1. The van der Waals surface area contributed by atoms with Gasteiger partial charge < -0.3 is 10.4 Å². The molecule has 1 fully saturated rings. The fraction of sp³-hybridized carbons (Fsp3) is 0.700.